The Hall–Kier alpha value is -1.39. The molecule has 0 N–H and O–H groups in total. The average Bonchev–Trinajstić information content (AvgIpc) is 3.11. The summed E-state index contributed by atoms with van der Waals surface area (Å²) in [4.78, 5) is 20.0. The minimum absolute atomic E-state index is 0.0372. The first-order valence-corrected chi connectivity index (χ1v) is 9.81. The van der Waals surface area contributed by atoms with Crippen molar-refractivity contribution in [3.8, 4) is 0 Å². The monoisotopic (exact) mass is 515 g/mol. The number of hydrogen-bond donors (Lipinski definition) is 0. The van der Waals surface area contributed by atoms with Gasteiger partial charge < -0.3 is 9.32 Å². The molecule has 1 aliphatic heterocycles. The van der Waals surface area contributed by atoms with Crippen LogP contribution in [0.4, 0.5) is 5.69 Å². The number of rotatable bonds is 2. The molecule has 122 valence electrons. The third kappa shape index (κ3) is 3.09. The number of nitrogens with zero attached hydrogens (tertiary/aromatic N) is 3. The van der Waals surface area contributed by atoms with E-state index in [0.717, 1.165) is 18.7 Å². The fourth-order valence-electron chi connectivity index (χ4n) is 2.48. The molecule has 24 heavy (non-hydrogen) atoms. The normalized spacial score (nSPS) is 14.6. The molecule has 0 fully saturated rings. The molecule has 2 aromatic heterocycles. The third-order valence-corrected chi connectivity index (χ3v) is 5.74. The van der Waals surface area contributed by atoms with Crippen molar-refractivity contribution in [1.29, 1.82) is 0 Å². The average molecular weight is 516 g/mol. The fourth-order valence-corrected chi connectivity index (χ4v) is 4.25. The third-order valence-electron chi connectivity index (χ3n) is 3.62. The van der Waals surface area contributed by atoms with Gasteiger partial charge in [0.2, 0.25) is 0 Å². The molecule has 0 radical (unpaired) electrons. The van der Waals surface area contributed by atoms with Gasteiger partial charge in [0.25, 0.3) is 5.56 Å². The minimum atomic E-state index is -0.0372. The molecule has 0 amide bonds. The summed E-state index contributed by atoms with van der Waals surface area (Å²) >= 11 is 6.98. The summed E-state index contributed by atoms with van der Waals surface area (Å²) in [5, 5.41) is 0. The fraction of sp³-hybridized carbons (Fsp3) is 0.125. The molecular weight excluding hydrogens is 505 g/mol. The van der Waals surface area contributed by atoms with Crippen molar-refractivity contribution < 1.29 is 4.42 Å². The van der Waals surface area contributed by atoms with Crippen LogP contribution in [-0.2, 0) is 6.67 Å². The zero-order valence-electron chi connectivity index (χ0n) is 12.3. The summed E-state index contributed by atoms with van der Waals surface area (Å²) in [7, 11) is 0. The van der Waals surface area contributed by atoms with E-state index in [1.807, 2.05) is 36.4 Å². The summed E-state index contributed by atoms with van der Waals surface area (Å²) in [6, 6.07) is 11.7. The summed E-state index contributed by atoms with van der Waals surface area (Å²) < 4.78 is 9.66. The van der Waals surface area contributed by atoms with Crippen molar-refractivity contribution in [2.75, 3.05) is 11.6 Å². The van der Waals surface area contributed by atoms with Crippen molar-refractivity contribution in [3.05, 3.63) is 70.1 Å². The Morgan fingerprint density at radius 2 is 2.21 bits per heavy atom. The van der Waals surface area contributed by atoms with E-state index in [9.17, 15) is 4.79 Å². The van der Waals surface area contributed by atoms with Gasteiger partial charge in [0.1, 0.15) is 19.1 Å². The Balaban J connectivity index is 1.73. The second-order valence-electron chi connectivity index (χ2n) is 5.23. The van der Waals surface area contributed by atoms with Crippen LogP contribution in [0.15, 0.2) is 55.1 Å². The quantitative estimate of drug-likeness (QED) is 0.493. The summed E-state index contributed by atoms with van der Waals surface area (Å²) in [5.41, 5.74) is 0.993. The number of benzene rings is 1. The van der Waals surface area contributed by atoms with Gasteiger partial charge in [0, 0.05) is 16.2 Å². The van der Waals surface area contributed by atoms with Crippen LogP contribution in [0.3, 0.4) is 0 Å². The molecule has 0 atom stereocenters. The molecule has 1 aromatic carbocycles. The van der Waals surface area contributed by atoms with Crippen molar-refractivity contribution in [2.24, 2.45) is 4.99 Å². The van der Waals surface area contributed by atoms with E-state index >= 15 is 0 Å². The molecule has 4 rings (SSSR count). The molecule has 3 heterocycles. The maximum atomic E-state index is 12.7. The van der Waals surface area contributed by atoms with Crippen LogP contribution in [0.25, 0.3) is 6.08 Å². The highest BCUT2D eigenvalue weighted by atomic mass is 127. The molecule has 8 heteroatoms. The second-order valence-corrected chi connectivity index (χ2v) is 8.22. The Labute approximate surface area is 163 Å². The molecule has 0 saturated heterocycles. The highest BCUT2D eigenvalue weighted by Crippen LogP contribution is 2.20. The predicted octanol–water partition coefficient (Wildman–Crippen LogP) is 2.75. The lowest BCUT2D eigenvalue weighted by Gasteiger charge is -2.25. The van der Waals surface area contributed by atoms with Crippen LogP contribution in [0.5, 0.6) is 0 Å². The maximum absolute atomic E-state index is 12.7. The number of halogens is 2. The van der Waals surface area contributed by atoms with E-state index < -0.39 is 0 Å². The van der Waals surface area contributed by atoms with Crippen LogP contribution in [0.2, 0.25) is 0 Å². The maximum Gasteiger partial charge on any atom is 0.271 e. The standard InChI is InChI=1S/C16H11BrIN3O2S/c17-10-2-1-3-11(6-10)20-8-19-16-21(9-20)15(22)13(24-16)7-12-4-5-14(18)23-12/h1-7H,8-9H2. The van der Waals surface area contributed by atoms with Gasteiger partial charge in [0.05, 0.1) is 4.53 Å². The smallest absolute Gasteiger partial charge is 0.271 e. The molecular formula is C16H11BrIN3O2S. The summed E-state index contributed by atoms with van der Waals surface area (Å²) in [5.74, 6) is 0.680. The van der Waals surface area contributed by atoms with Crippen molar-refractivity contribution in [3.63, 3.8) is 0 Å². The van der Waals surface area contributed by atoms with Gasteiger partial charge in [-0.1, -0.05) is 33.3 Å². The Bertz CT molecular complexity index is 1090. The topological polar surface area (TPSA) is 50.7 Å². The highest BCUT2D eigenvalue weighted by Gasteiger charge is 2.16. The number of furan rings is 1. The van der Waals surface area contributed by atoms with Crippen LogP contribution in [0, 0.1) is 3.77 Å². The molecule has 0 saturated carbocycles. The predicted molar refractivity (Wildman–Crippen MR) is 106 cm³/mol. The van der Waals surface area contributed by atoms with Gasteiger partial charge in [-0.2, -0.15) is 0 Å². The number of hydrogen-bond acceptors (Lipinski definition) is 5. The first-order chi connectivity index (χ1) is 11.6. The Kier molecular flexibility index (Phi) is 4.35. The lowest BCUT2D eigenvalue weighted by Crippen LogP contribution is -2.42. The number of fused-ring (bicyclic) bond motifs is 1. The molecule has 0 spiro atoms. The van der Waals surface area contributed by atoms with E-state index in [1.165, 1.54) is 11.3 Å². The Morgan fingerprint density at radius 1 is 1.33 bits per heavy atom. The first kappa shape index (κ1) is 16.1. The van der Waals surface area contributed by atoms with Gasteiger partial charge in [-0.3, -0.25) is 9.36 Å². The molecule has 0 unspecified atom stereocenters. The van der Waals surface area contributed by atoms with Crippen LogP contribution in [0.1, 0.15) is 5.76 Å². The first-order valence-electron chi connectivity index (χ1n) is 7.12. The summed E-state index contributed by atoms with van der Waals surface area (Å²) in [6.45, 7) is 1.03. The zero-order valence-corrected chi connectivity index (χ0v) is 16.8. The molecule has 5 nitrogen and oxygen atoms in total. The van der Waals surface area contributed by atoms with Crippen LogP contribution in [-0.4, -0.2) is 11.2 Å². The Morgan fingerprint density at radius 3 is 2.96 bits per heavy atom. The molecule has 1 aliphatic rings. The van der Waals surface area contributed by atoms with E-state index in [4.69, 9.17) is 4.42 Å². The lowest BCUT2D eigenvalue weighted by molar-refractivity contribution is 0.528. The van der Waals surface area contributed by atoms with Gasteiger partial charge in [-0.05, 0) is 52.9 Å². The highest BCUT2D eigenvalue weighted by molar-refractivity contribution is 14.1. The SMILES string of the molecule is O=c1c(=Cc2ccc(I)o2)sc2n1CN(c1cccc(Br)c1)CN=2. The second kappa shape index (κ2) is 6.49. The minimum Gasteiger partial charge on any atom is -0.451 e. The van der Waals surface area contributed by atoms with Gasteiger partial charge in [-0.25, -0.2) is 4.99 Å². The molecule has 0 bridgehead atoms. The number of anilines is 1. The largest absolute Gasteiger partial charge is 0.451 e. The zero-order chi connectivity index (χ0) is 16.7. The number of aromatic nitrogens is 1. The van der Waals surface area contributed by atoms with E-state index in [0.29, 0.717) is 23.6 Å². The van der Waals surface area contributed by atoms with E-state index in [2.05, 4.69) is 48.4 Å². The van der Waals surface area contributed by atoms with Crippen molar-refractivity contribution in [2.45, 2.75) is 6.67 Å². The van der Waals surface area contributed by atoms with Crippen molar-refractivity contribution >= 4 is 61.6 Å². The van der Waals surface area contributed by atoms with E-state index in [1.54, 1.807) is 10.6 Å². The van der Waals surface area contributed by atoms with Gasteiger partial charge in [0.15, 0.2) is 8.57 Å². The number of thiazole rings is 1. The van der Waals surface area contributed by atoms with Gasteiger partial charge in [-0.15, -0.1) is 0 Å². The summed E-state index contributed by atoms with van der Waals surface area (Å²) in [6.07, 6.45) is 1.78. The molecule has 3 aromatic rings. The lowest BCUT2D eigenvalue weighted by atomic mass is 10.3. The molecule has 0 aliphatic carbocycles. The van der Waals surface area contributed by atoms with Crippen molar-refractivity contribution in [1.82, 2.24) is 4.57 Å². The van der Waals surface area contributed by atoms with E-state index in [-0.39, 0.29) is 5.56 Å². The van der Waals surface area contributed by atoms with Gasteiger partial charge >= 0.3 is 0 Å². The van der Waals surface area contributed by atoms with Crippen LogP contribution >= 0.6 is 49.9 Å². The van der Waals surface area contributed by atoms with Crippen LogP contribution < -0.4 is 19.8 Å².